The lowest BCUT2D eigenvalue weighted by molar-refractivity contribution is -0.143. The van der Waals surface area contributed by atoms with Crippen LogP contribution in [0.25, 0.3) is 0 Å². The third-order valence-corrected chi connectivity index (χ3v) is 14.9. The van der Waals surface area contributed by atoms with Crippen LogP contribution in [0.1, 0.15) is 119 Å². The highest BCUT2D eigenvalue weighted by molar-refractivity contribution is 6.09. The summed E-state index contributed by atoms with van der Waals surface area (Å²) in [5.74, 6) is -11.5. The first-order valence-corrected chi connectivity index (χ1v) is 20.8. The predicted octanol–water partition coefficient (Wildman–Crippen LogP) is 5.53. The summed E-state index contributed by atoms with van der Waals surface area (Å²) in [7, 11) is 0. The Bertz CT molecular complexity index is 2170. The zero-order chi connectivity index (χ0) is 46.5. The van der Waals surface area contributed by atoms with Gasteiger partial charge in [0.05, 0.1) is 30.8 Å². The Balaban J connectivity index is 2.00. The average molecular weight is 867 g/mol. The van der Waals surface area contributed by atoms with Crippen LogP contribution >= 0.6 is 0 Å². The van der Waals surface area contributed by atoms with Crippen molar-refractivity contribution in [3.63, 3.8) is 0 Å². The fourth-order valence-corrected chi connectivity index (χ4v) is 11.3. The Morgan fingerprint density at radius 3 is 1.69 bits per heavy atom. The van der Waals surface area contributed by atoms with Crippen molar-refractivity contribution in [2.75, 3.05) is 0 Å². The predicted molar refractivity (Wildman–Crippen MR) is 223 cm³/mol. The van der Waals surface area contributed by atoms with E-state index < -0.39 is 131 Å². The number of aliphatic imine (C=N–C) groups is 3. The average Bonchev–Trinajstić information content (AvgIpc) is 3.72. The third kappa shape index (κ3) is 8.43. The van der Waals surface area contributed by atoms with E-state index in [0.717, 1.165) is 0 Å². The molecule has 5 aliphatic heterocycles. The van der Waals surface area contributed by atoms with Gasteiger partial charge in [0.2, 0.25) is 0 Å². The molecule has 5 rings (SSSR count). The maximum atomic E-state index is 13.0. The number of carboxylic acid groups (broad SMARTS) is 7. The van der Waals surface area contributed by atoms with E-state index >= 15 is 0 Å². The quantitative estimate of drug-likeness (QED) is 0.0840. The number of carbonyl (C=O) groups is 7. The lowest BCUT2D eigenvalue weighted by Gasteiger charge is -2.47. The van der Waals surface area contributed by atoms with Crippen LogP contribution in [0.5, 0.6) is 0 Å². The number of nitrogens with one attached hydrogen (secondary N) is 1. The number of allylic oxidation sites excluding steroid dienone is 6. The molecule has 8 N–H and O–H groups in total. The molecule has 18 heteroatoms. The van der Waals surface area contributed by atoms with E-state index in [1.165, 1.54) is 0 Å². The van der Waals surface area contributed by atoms with E-state index in [0.29, 0.717) is 34.1 Å². The summed E-state index contributed by atoms with van der Waals surface area (Å²) in [4.78, 5) is 103. The van der Waals surface area contributed by atoms with Gasteiger partial charge in [0.1, 0.15) is 0 Å². The molecule has 62 heavy (non-hydrogen) atoms. The highest BCUT2D eigenvalue weighted by atomic mass is 16.4. The largest absolute Gasteiger partial charge is 0.481 e. The molecule has 9 atom stereocenters. The normalized spacial score (nSPS) is 36.0. The van der Waals surface area contributed by atoms with Crippen LogP contribution in [0.4, 0.5) is 0 Å². The van der Waals surface area contributed by atoms with Crippen molar-refractivity contribution in [1.29, 1.82) is 0 Å². The minimum Gasteiger partial charge on any atom is -0.481 e. The van der Waals surface area contributed by atoms with Gasteiger partial charge in [-0.1, -0.05) is 34.6 Å². The molecular formula is C44H58N4O14. The molecule has 5 heterocycles. The molecule has 0 amide bonds. The van der Waals surface area contributed by atoms with Gasteiger partial charge >= 0.3 is 41.8 Å². The van der Waals surface area contributed by atoms with Gasteiger partial charge in [0, 0.05) is 105 Å². The van der Waals surface area contributed by atoms with Crippen LogP contribution in [0.3, 0.4) is 0 Å². The topological polar surface area (TPSA) is 310 Å². The summed E-state index contributed by atoms with van der Waals surface area (Å²) in [6.45, 7) is 12.2. The summed E-state index contributed by atoms with van der Waals surface area (Å²) in [6.07, 6.45) is 0.139. The first-order chi connectivity index (χ1) is 28.6. The van der Waals surface area contributed by atoms with Crippen LogP contribution < -0.4 is 5.32 Å². The van der Waals surface area contributed by atoms with Crippen molar-refractivity contribution in [2.45, 2.75) is 131 Å². The van der Waals surface area contributed by atoms with Gasteiger partial charge < -0.3 is 41.1 Å². The number of rotatable bonds is 18. The SMILES string of the molecule is C/C1=C2N=C(/C=C3\N/C(=C\C4=N[C@@](C)([C@@H]5N=C1[C@](C)(CCC(=O)O)[C@H]5CC(=O)O)[C@@](C)(CC(=O)O)[C@@H]4CCC(=O)O)[C@@](C)(CC(=O)O)[C@@H]3CCC(=O)O)C(C)(C)[C@@H]/2CCC(=O)O. The molecule has 0 aliphatic carbocycles. The van der Waals surface area contributed by atoms with Crippen LogP contribution in [0.2, 0.25) is 0 Å². The highest BCUT2D eigenvalue weighted by Crippen LogP contribution is 2.61. The zero-order valence-corrected chi connectivity index (χ0v) is 36.1. The van der Waals surface area contributed by atoms with Crippen molar-refractivity contribution in [2.24, 2.45) is 60.3 Å². The van der Waals surface area contributed by atoms with Gasteiger partial charge in [-0.15, -0.1) is 0 Å². The summed E-state index contributed by atoms with van der Waals surface area (Å²) in [6, 6.07) is -1.14. The monoisotopic (exact) mass is 866 g/mol. The zero-order valence-electron chi connectivity index (χ0n) is 36.1. The van der Waals surface area contributed by atoms with E-state index in [1.807, 2.05) is 13.8 Å². The molecule has 0 unspecified atom stereocenters. The minimum atomic E-state index is -1.62. The van der Waals surface area contributed by atoms with E-state index in [1.54, 1.807) is 46.8 Å². The van der Waals surface area contributed by atoms with Crippen molar-refractivity contribution in [1.82, 2.24) is 5.32 Å². The molecule has 18 nitrogen and oxygen atoms in total. The standard InChI is InChI=1S/C44H58N4O14/c1-21-37-24(10-13-32(53)54)40(2,3)28(46-37)17-26-22(8-11-30(49)50)42(5,19-35(59)60)29(45-26)18-27-23(9-12-31(51)52)43(6,20-36(61)62)44(7,48-27)39-25(16-34(57)58)41(4,38(21)47-39)15-14-33(55)56/h17-18,22-25,39,45H,8-16,19-20H2,1-7H3,(H,49,50)(H,51,52)(H,53,54)(H,55,56)(H,57,58)(H,59,60)(H,61,62)/b26-17-,29-18-,37-21-/t22-,23-,24-,25+,39-,41-,42+,43+,44+/m1/s1. The Morgan fingerprint density at radius 1 is 0.645 bits per heavy atom. The molecule has 0 aromatic rings. The van der Waals surface area contributed by atoms with Gasteiger partial charge in [-0.05, 0) is 57.3 Å². The Morgan fingerprint density at radius 2 is 1.18 bits per heavy atom. The molecule has 338 valence electrons. The summed E-state index contributed by atoms with van der Waals surface area (Å²) in [5.41, 5.74) is -4.05. The fraction of sp³-hybridized carbons (Fsp3) is 0.636. The summed E-state index contributed by atoms with van der Waals surface area (Å²) >= 11 is 0. The van der Waals surface area contributed by atoms with Crippen molar-refractivity contribution in [3.05, 3.63) is 34.8 Å². The third-order valence-electron chi connectivity index (χ3n) is 14.9. The maximum absolute atomic E-state index is 13.0. The molecule has 0 spiro atoms. The molecule has 0 aromatic carbocycles. The van der Waals surface area contributed by atoms with Crippen LogP contribution in [-0.4, -0.2) is 106 Å². The smallest absolute Gasteiger partial charge is 0.304 e. The van der Waals surface area contributed by atoms with Gasteiger partial charge in [0.15, 0.2) is 0 Å². The van der Waals surface area contributed by atoms with E-state index in [-0.39, 0.29) is 44.2 Å². The van der Waals surface area contributed by atoms with Crippen LogP contribution in [0.15, 0.2) is 49.8 Å². The van der Waals surface area contributed by atoms with Gasteiger partial charge in [-0.2, -0.15) is 0 Å². The fourth-order valence-electron chi connectivity index (χ4n) is 11.3. The molecule has 0 radical (unpaired) electrons. The number of carboxylic acids is 7. The van der Waals surface area contributed by atoms with Crippen molar-refractivity contribution < 1.29 is 69.3 Å². The molecule has 8 bridgehead atoms. The van der Waals surface area contributed by atoms with Crippen LogP contribution in [-0.2, 0) is 33.6 Å². The first kappa shape index (κ1) is 47.4. The molecule has 1 fully saturated rings. The van der Waals surface area contributed by atoms with Crippen LogP contribution in [0, 0.1) is 45.3 Å². The Labute approximate surface area is 358 Å². The summed E-state index contributed by atoms with van der Waals surface area (Å²) < 4.78 is 0. The van der Waals surface area contributed by atoms with Gasteiger partial charge in [-0.3, -0.25) is 48.5 Å². The number of hydrogen-bond acceptors (Lipinski definition) is 11. The maximum Gasteiger partial charge on any atom is 0.304 e. The molecule has 0 saturated carbocycles. The van der Waals surface area contributed by atoms with E-state index in [9.17, 15) is 69.3 Å². The number of aliphatic carboxylic acids is 7. The number of nitrogens with zero attached hydrogens (tertiary/aromatic N) is 3. The van der Waals surface area contributed by atoms with Crippen molar-refractivity contribution in [3.8, 4) is 0 Å². The lowest BCUT2D eigenvalue weighted by atomic mass is 9.56. The van der Waals surface area contributed by atoms with Gasteiger partial charge in [-0.25, -0.2) is 0 Å². The second kappa shape index (κ2) is 16.9. The van der Waals surface area contributed by atoms with E-state index in [4.69, 9.17) is 15.0 Å². The highest BCUT2D eigenvalue weighted by Gasteiger charge is 2.66. The Kier molecular flexibility index (Phi) is 12.9. The number of hydrogen-bond donors (Lipinski definition) is 8. The second-order valence-corrected chi connectivity index (χ2v) is 19.1. The molecule has 1 saturated heterocycles. The summed E-state index contributed by atoms with van der Waals surface area (Å²) in [5, 5.41) is 74.6. The lowest BCUT2D eigenvalue weighted by Crippen LogP contribution is -2.55. The van der Waals surface area contributed by atoms with Crippen molar-refractivity contribution >= 4 is 58.9 Å². The van der Waals surface area contributed by atoms with Gasteiger partial charge in [0.25, 0.3) is 0 Å². The first-order valence-electron chi connectivity index (χ1n) is 20.8. The second-order valence-electron chi connectivity index (χ2n) is 19.1. The van der Waals surface area contributed by atoms with E-state index in [2.05, 4.69) is 5.32 Å². The minimum absolute atomic E-state index is 0.0196. The number of fused-ring (bicyclic) bond motifs is 6. The molecule has 0 aromatic heterocycles. The Hall–Kier alpha value is -5.68. The molecule has 5 aliphatic rings. The molecular weight excluding hydrogens is 808 g/mol.